The third kappa shape index (κ3) is 3.74. The van der Waals surface area contributed by atoms with E-state index in [4.69, 9.17) is 18.0 Å². The number of thiocarbonyl (C=S) groups is 1. The highest BCUT2D eigenvalue weighted by Crippen LogP contribution is 2.27. The molecule has 0 atom stereocenters. The van der Waals surface area contributed by atoms with Crippen LogP contribution in [0.3, 0.4) is 0 Å². The van der Waals surface area contributed by atoms with Crippen molar-refractivity contribution in [2.75, 3.05) is 13.1 Å². The van der Waals surface area contributed by atoms with Crippen molar-refractivity contribution < 1.29 is 4.39 Å². The van der Waals surface area contributed by atoms with E-state index in [1.807, 2.05) is 6.07 Å². The summed E-state index contributed by atoms with van der Waals surface area (Å²) >= 11 is 4.87. The Morgan fingerprint density at radius 3 is 2.74 bits per heavy atom. The number of hydrogen-bond acceptors (Lipinski definition) is 2. The summed E-state index contributed by atoms with van der Waals surface area (Å²) in [4.78, 5) is 2.53. The van der Waals surface area contributed by atoms with E-state index in [1.165, 1.54) is 25.3 Å². The highest BCUT2D eigenvalue weighted by Gasteiger charge is 2.20. The molecule has 0 amide bonds. The predicted octanol–water partition coefficient (Wildman–Crippen LogP) is 3.08. The van der Waals surface area contributed by atoms with E-state index in [0.717, 1.165) is 31.1 Å². The zero-order valence-corrected chi connectivity index (χ0v) is 12.2. The van der Waals surface area contributed by atoms with Crippen molar-refractivity contribution in [2.45, 2.75) is 32.7 Å². The number of benzene rings is 1. The molecule has 0 radical (unpaired) electrons. The average molecular weight is 280 g/mol. The van der Waals surface area contributed by atoms with Gasteiger partial charge in [0.25, 0.3) is 0 Å². The fraction of sp³-hybridized carbons (Fsp3) is 0.533. The van der Waals surface area contributed by atoms with Crippen LogP contribution < -0.4 is 5.73 Å². The molecule has 19 heavy (non-hydrogen) atoms. The van der Waals surface area contributed by atoms with Gasteiger partial charge in [0.2, 0.25) is 0 Å². The van der Waals surface area contributed by atoms with Crippen LogP contribution in [-0.4, -0.2) is 23.0 Å². The summed E-state index contributed by atoms with van der Waals surface area (Å²) in [6, 6.07) is 5.06. The van der Waals surface area contributed by atoms with Crippen LogP contribution in [-0.2, 0) is 6.54 Å². The molecule has 0 saturated heterocycles. The summed E-state index contributed by atoms with van der Waals surface area (Å²) in [5, 5.41) is 0. The first-order valence-electron chi connectivity index (χ1n) is 6.90. The normalized spacial score (nSPS) is 15.5. The van der Waals surface area contributed by atoms with Crippen molar-refractivity contribution in [3.05, 3.63) is 35.1 Å². The minimum atomic E-state index is -0.335. The molecule has 1 saturated carbocycles. The van der Waals surface area contributed by atoms with Crippen molar-refractivity contribution in [1.82, 2.24) is 4.90 Å². The summed E-state index contributed by atoms with van der Waals surface area (Å²) in [6.45, 7) is 5.14. The third-order valence-electron chi connectivity index (χ3n) is 3.89. The fourth-order valence-corrected chi connectivity index (χ4v) is 2.62. The molecule has 2 nitrogen and oxygen atoms in total. The van der Waals surface area contributed by atoms with Crippen molar-refractivity contribution in [1.29, 1.82) is 0 Å². The lowest BCUT2D eigenvalue weighted by molar-refractivity contribution is 0.178. The van der Waals surface area contributed by atoms with Crippen LogP contribution in [0.25, 0.3) is 0 Å². The molecule has 1 aliphatic rings. The smallest absolute Gasteiger partial charge is 0.133 e. The molecule has 2 N–H and O–H groups in total. The molecule has 0 unspecified atom stereocenters. The molecule has 104 valence electrons. The van der Waals surface area contributed by atoms with Crippen LogP contribution in [0.5, 0.6) is 0 Å². The molecule has 2 rings (SSSR count). The summed E-state index contributed by atoms with van der Waals surface area (Å²) in [5.41, 5.74) is 6.96. The fourth-order valence-electron chi connectivity index (χ4n) is 2.46. The van der Waals surface area contributed by atoms with Crippen molar-refractivity contribution in [2.24, 2.45) is 11.7 Å². The number of nitrogens with two attached hydrogens (primary N) is 1. The number of rotatable bonds is 6. The third-order valence-corrected chi connectivity index (χ3v) is 4.11. The zero-order valence-electron chi connectivity index (χ0n) is 11.4. The lowest BCUT2D eigenvalue weighted by atomic mass is 9.85. The van der Waals surface area contributed by atoms with E-state index in [2.05, 4.69) is 11.8 Å². The van der Waals surface area contributed by atoms with E-state index < -0.39 is 0 Å². The van der Waals surface area contributed by atoms with Crippen LogP contribution in [0.4, 0.5) is 4.39 Å². The van der Waals surface area contributed by atoms with E-state index in [0.29, 0.717) is 5.56 Å². The molecule has 1 fully saturated rings. The standard InChI is InChI=1S/C15H21FN2S/c1-2-18(9-11-4-3-5-11)10-12-6-7-14(16)13(8-12)15(17)19/h6-8,11H,2-5,9-10H2,1H3,(H2,17,19). The van der Waals surface area contributed by atoms with Gasteiger partial charge in [-0.15, -0.1) is 0 Å². The van der Waals surface area contributed by atoms with Gasteiger partial charge in [0.1, 0.15) is 10.8 Å². The first-order chi connectivity index (χ1) is 9.10. The minimum absolute atomic E-state index is 0.126. The summed E-state index contributed by atoms with van der Waals surface area (Å²) in [6.07, 6.45) is 4.06. The summed E-state index contributed by atoms with van der Waals surface area (Å²) in [7, 11) is 0. The maximum absolute atomic E-state index is 13.5. The van der Waals surface area contributed by atoms with E-state index in [9.17, 15) is 4.39 Å². The Kier molecular flexibility index (Phi) is 4.88. The number of hydrogen-bond donors (Lipinski definition) is 1. The Balaban J connectivity index is 2.03. The van der Waals surface area contributed by atoms with Gasteiger partial charge >= 0.3 is 0 Å². The quantitative estimate of drug-likeness (QED) is 0.812. The van der Waals surface area contributed by atoms with Gasteiger partial charge in [-0.3, -0.25) is 4.90 Å². The lowest BCUT2D eigenvalue weighted by Crippen LogP contribution is -2.32. The van der Waals surface area contributed by atoms with Gasteiger partial charge in [0, 0.05) is 18.7 Å². The highest BCUT2D eigenvalue weighted by molar-refractivity contribution is 7.80. The second-order valence-electron chi connectivity index (χ2n) is 5.30. The van der Waals surface area contributed by atoms with Gasteiger partial charge in [-0.2, -0.15) is 0 Å². The van der Waals surface area contributed by atoms with Gasteiger partial charge in [0.15, 0.2) is 0 Å². The molecule has 0 aromatic heterocycles. The maximum atomic E-state index is 13.5. The molecular weight excluding hydrogens is 259 g/mol. The van der Waals surface area contributed by atoms with Crippen LogP contribution in [0.2, 0.25) is 0 Å². The Morgan fingerprint density at radius 2 is 2.21 bits per heavy atom. The van der Waals surface area contributed by atoms with E-state index >= 15 is 0 Å². The Bertz CT molecular complexity index is 457. The Labute approximate surface area is 119 Å². The lowest BCUT2D eigenvalue weighted by Gasteiger charge is -2.31. The number of halogens is 1. The first-order valence-corrected chi connectivity index (χ1v) is 7.31. The molecule has 1 aliphatic carbocycles. The van der Waals surface area contributed by atoms with Gasteiger partial charge in [-0.25, -0.2) is 4.39 Å². The molecule has 0 heterocycles. The van der Waals surface area contributed by atoms with Crippen LogP contribution in [0.15, 0.2) is 18.2 Å². The van der Waals surface area contributed by atoms with Crippen LogP contribution in [0, 0.1) is 11.7 Å². The SMILES string of the molecule is CCN(Cc1ccc(F)c(C(N)=S)c1)CC1CCC1. The molecule has 0 bridgehead atoms. The molecule has 4 heteroatoms. The van der Waals surface area contributed by atoms with Gasteiger partial charge in [0.05, 0.1) is 0 Å². The largest absolute Gasteiger partial charge is 0.389 e. The molecule has 1 aromatic carbocycles. The van der Waals surface area contributed by atoms with Crippen molar-refractivity contribution in [3.63, 3.8) is 0 Å². The monoisotopic (exact) mass is 280 g/mol. The van der Waals surface area contributed by atoms with Gasteiger partial charge in [-0.05, 0) is 43.0 Å². The van der Waals surface area contributed by atoms with Gasteiger partial charge < -0.3 is 5.73 Å². The summed E-state index contributed by atoms with van der Waals surface area (Å²) < 4.78 is 13.5. The molecular formula is C15H21FN2S. The topological polar surface area (TPSA) is 29.3 Å². The number of nitrogens with zero attached hydrogens (tertiary/aromatic N) is 1. The van der Waals surface area contributed by atoms with E-state index in [-0.39, 0.29) is 10.8 Å². The molecule has 0 aliphatic heterocycles. The zero-order chi connectivity index (χ0) is 13.8. The van der Waals surface area contributed by atoms with Crippen molar-refractivity contribution in [3.8, 4) is 0 Å². The van der Waals surface area contributed by atoms with Crippen molar-refractivity contribution >= 4 is 17.2 Å². The Morgan fingerprint density at radius 1 is 1.47 bits per heavy atom. The maximum Gasteiger partial charge on any atom is 0.133 e. The highest BCUT2D eigenvalue weighted by atomic mass is 32.1. The molecule has 0 spiro atoms. The second-order valence-corrected chi connectivity index (χ2v) is 5.74. The van der Waals surface area contributed by atoms with Crippen LogP contribution in [0.1, 0.15) is 37.3 Å². The van der Waals surface area contributed by atoms with Gasteiger partial charge in [-0.1, -0.05) is 31.6 Å². The second kappa shape index (κ2) is 6.44. The first kappa shape index (κ1) is 14.4. The van der Waals surface area contributed by atoms with Crippen LogP contribution >= 0.6 is 12.2 Å². The van der Waals surface area contributed by atoms with E-state index in [1.54, 1.807) is 6.07 Å². The Hall–Kier alpha value is -1.00. The average Bonchev–Trinajstić information content (AvgIpc) is 2.33. The minimum Gasteiger partial charge on any atom is -0.389 e. The molecule has 1 aromatic rings. The summed E-state index contributed by atoms with van der Waals surface area (Å²) in [5.74, 6) is 0.508. The predicted molar refractivity (Wildman–Crippen MR) is 80.6 cm³/mol.